The zero-order chi connectivity index (χ0) is 7.94. The van der Waals surface area contributed by atoms with Gasteiger partial charge in [-0.05, 0) is 13.8 Å². The Morgan fingerprint density at radius 3 is 1.90 bits per heavy atom. The van der Waals surface area contributed by atoms with Gasteiger partial charge in [0.05, 0.1) is 4.91 Å². The summed E-state index contributed by atoms with van der Waals surface area (Å²) in [4.78, 5) is 10.8. The molecule has 1 rings (SSSR count). The van der Waals surface area contributed by atoms with Gasteiger partial charge in [0, 0.05) is 5.57 Å². The topological polar surface area (TPSA) is 63.2 Å². The maximum atomic E-state index is 10.8. The van der Waals surface area contributed by atoms with E-state index in [1.54, 1.807) is 0 Å². The number of carbonyl (C=O) groups is 1. The van der Waals surface area contributed by atoms with Gasteiger partial charge in [-0.15, -0.1) is 0 Å². The van der Waals surface area contributed by atoms with E-state index in [2.05, 4.69) is 0 Å². The molecule has 0 spiro atoms. The number of amides is 1. The number of sulfonamides is 1. The summed E-state index contributed by atoms with van der Waals surface area (Å²) in [5, 5.41) is 0. The van der Waals surface area contributed by atoms with E-state index in [0.29, 0.717) is 0 Å². The van der Waals surface area contributed by atoms with Crippen molar-refractivity contribution in [3.8, 4) is 0 Å². The average molecular weight is 161 g/mol. The third kappa shape index (κ3) is 0.824. The molecule has 1 heterocycles. The Kier molecular flexibility index (Phi) is 1.32. The van der Waals surface area contributed by atoms with Gasteiger partial charge >= 0.3 is 0 Å². The normalized spacial score (nSPS) is 23.2. The third-order valence-corrected chi connectivity index (χ3v) is 3.07. The lowest BCUT2D eigenvalue weighted by atomic mass is 10.3. The summed E-state index contributed by atoms with van der Waals surface area (Å²) in [6.45, 7) is 2.89. The monoisotopic (exact) mass is 161 g/mol. The van der Waals surface area contributed by atoms with Crippen LogP contribution in [0.25, 0.3) is 0 Å². The minimum absolute atomic E-state index is 0.123. The van der Waals surface area contributed by atoms with Crippen molar-refractivity contribution in [3.05, 3.63) is 10.5 Å². The van der Waals surface area contributed by atoms with Crippen molar-refractivity contribution in [1.29, 1.82) is 0 Å². The highest BCUT2D eigenvalue weighted by Crippen LogP contribution is 2.16. The van der Waals surface area contributed by atoms with E-state index in [0.717, 1.165) is 0 Å². The van der Waals surface area contributed by atoms with Crippen molar-refractivity contribution in [2.75, 3.05) is 0 Å². The molecule has 1 aliphatic heterocycles. The number of nitrogens with one attached hydrogen (secondary N) is 1. The van der Waals surface area contributed by atoms with Gasteiger partial charge in [0.15, 0.2) is 0 Å². The van der Waals surface area contributed by atoms with Gasteiger partial charge in [-0.3, -0.25) is 4.79 Å². The van der Waals surface area contributed by atoms with Crippen LogP contribution in [-0.4, -0.2) is 14.3 Å². The molecule has 0 atom stereocenters. The lowest BCUT2D eigenvalue weighted by Gasteiger charge is -1.91. The Morgan fingerprint density at radius 1 is 1.30 bits per heavy atom. The summed E-state index contributed by atoms with van der Waals surface area (Å²) in [6.07, 6.45) is 0. The molecule has 0 bridgehead atoms. The first kappa shape index (κ1) is 7.27. The SMILES string of the molecule is CC1=C(C)S(=O)(=O)NC1=O. The van der Waals surface area contributed by atoms with Crippen LogP contribution in [0.15, 0.2) is 10.5 Å². The van der Waals surface area contributed by atoms with Crippen LogP contribution in [0.5, 0.6) is 0 Å². The summed E-state index contributed by atoms with van der Waals surface area (Å²) in [7, 11) is -3.44. The molecule has 56 valence electrons. The molecule has 0 aromatic carbocycles. The predicted molar refractivity (Wildman–Crippen MR) is 35.4 cm³/mol. The van der Waals surface area contributed by atoms with Crippen molar-refractivity contribution in [2.45, 2.75) is 13.8 Å². The van der Waals surface area contributed by atoms with E-state index in [1.807, 2.05) is 4.72 Å². The molecule has 1 amide bonds. The van der Waals surface area contributed by atoms with Gasteiger partial charge in [-0.1, -0.05) is 0 Å². The second kappa shape index (κ2) is 1.82. The van der Waals surface area contributed by atoms with Crippen LogP contribution >= 0.6 is 0 Å². The van der Waals surface area contributed by atoms with E-state index in [9.17, 15) is 13.2 Å². The molecule has 0 saturated heterocycles. The van der Waals surface area contributed by atoms with Crippen molar-refractivity contribution in [2.24, 2.45) is 0 Å². The Hall–Kier alpha value is -0.840. The molecule has 0 aliphatic carbocycles. The van der Waals surface area contributed by atoms with E-state index < -0.39 is 15.9 Å². The van der Waals surface area contributed by atoms with Crippen LogP contribution in [0.4, 0.5) is 0 Å². The predicted octanol–water partition coefficient (Wildman–Crippen LogP) is -0.260. The van der Waals surface area contributed by atoms with Crippen LogP contribution in [0.3, 0.4) is 0 Å². The molecule has 0 unspecified atom stereocenters. The van der Waals surface area contributed by atoms with Crippen LogP contribution in [0.2, 0.25) is 0 Å². The van der Waals surface area contributed by atoms with Crippen LogP contribution < -0.4 is 4.72 Å². The summed E-state index contributed by atoms with van der Waals surface area (Å²) in [5.41, 5.74) is 0.278. The molecule has 1 aliphatic rings. The summed E-state index contributed by atoms with van der Waals surface area (Å²) < 4.78 is 23.4. The molecule has 5 heteroatoms. The van der Waals surface area contributed by atoms with E-state index in [4.69, 9.17) is 0 Å². The average Bonchev–Trinajstić information content (AvgIpc) is 1.95. The van der Waals surface area contributed by atoms with E-state index in [1.165, 1.54) is 13.8 Å². The van der Waals surface area contributed by atoms with Gasteiger partial charge in [0.25, 0.3) is 15.9 Å². The zero-order valence-electron chi connectivity index (χ0n) is 5.63. The van der Waals surface area contributed by atoms with Gasteiger partial charge in [-0.25, -0.2) is 13.1 Å². The van der Waals surface area contributed by atoms with Crippen molar-refractivity contribution >= 4 is 15.9 Å². The smallest absolute Gasteiger partial charge is 0.261 e. The van der Waals surface area contributed by atoms with Gasteiger partial charge in [-0.2, -0.15) is 0 Å². The van der Waals surface area contributed by atoms with Crippen molar-refractivity contribution in [1.82, 2.24) is 4.72 Å². The third-order valence-electron chi connectivity index (χ3n) is 1.50. The molecule has 10 heavy (non-hydrogen) atoms. The summed E-state index contributed by atoms with van der Waals surface area (Å²) >= 11 is 0. The fourth-order valence-electron chi connectivity index (χ4n) is 0.637. The first-order chi connectivity index (χ1) is 4.45. The highest BCUT2D eigenvalue weighted by atomic mass is 32.2. The highest BCUT2D eigenvalue weighted by molar-refractivity contribution is 7.94. The number of hydrogen-bond donors (Lipinski definition) is 1. The second-order valence-corrected chi connectivity index (χ2v) is 3.94. The zero-order valence-corrected chi connectivity index (χ0v) is 6.45. The molecule has 0 saturated carbocycles. The van der Waals surface area contributed by atoms with Crippen molar-refractivity contribution < 1.29 is 13.2 Å². The Balaban J connectivity index is 3.33. The lowest BCUT2D eigenvalue weighted by Crippen LogP contribution is -2.22. The molecule has 0 aromatic rings. The summed E-state index contributed by atoms with van der Waals surface area (Å²) in [5.74, 6) is -0.516. The van der Waals surface area contributed by atoms with Crippen LogP contribution in [-0.2, 0) is 14.8 Å². The van der Waals surface area contributed by atoms with Gasteiger partial charge < -0.3 is 0 Å². The first-order valence-corrected chi connectivity index (χ1v) is 4.18. The maximum Gasteiger partial charge on any atom is 0.261 e. The molecule has 1 N–H and O–H groups in total. The van der Waals surface area contributed by atoms with Crippen LogP contribution in [0.1, 0.15) is 13.8 Å². The van der Waals surface area contributed by atoms with Gasteiger partial charge in [0.2, 0.25) is 0 Å². The molecule has 0 aromatic heterocycles. The summed E-state index contributed by atoms with van der Waals surface area (Å²) in [6, 6.07) is 0. The maximum absolute atomic E-state index is 10.8. The number of rotatable bonds is 0. The minimum atomic E-state index is -3.44. The number of hydrogen-bond acceptors (Lipinski definition) is 3. The lowest BCUT2D eigenvalue weighted by molar-refractivity contribution is -0.115. The quantitative estimate of drug-likeness (QED) is 0.532. The standard InChI is InChI=1S/C5H7NO3S/c1-3-4(2)10(8,9)6-5(3)7/h1-2H3,(H,6,7). The van der Waals surface area contributed by atoms with E-state index in [-0.39, 0.29) is 10.5 Å². The number of carbonyl (C=O) groups excluding carboxylic acids is 1. The van der Waals surface area contributed by atoms with Crippen LogP contribution in [0, 0.1) is 0 Å². The molecular formula is C5H7NO3S. The molecule has 0 radical (unpaired) electrons. The Morgan fingerprint density at radius 2 is 1.80 bits per heavy atom. The fraction of sp³-hybridized carbons (Fsp3) is 0.400. The largest absolute Gasteiger partial charge is 0.269 e. The Bertz CT molecular complexity index is 312. The molecule has 4 nitrogen and oxygen atoms in total. The highest BCUT2D eigenvalue weighted by Gasteiger charge is 2.28. The van der Waals surface area contributed by atoms with E-state index >= 15 is 0 Å². The molecular weight excluding hydrogens is 154 g/mol. The first-order valence-electron chi connectivity index (χ1n) is 2.70. The second-order valence-electron chi connectivity index (χ2n) is 2.12. The van der Waals surface area contributed by atoms with Gasteiger partial charge in [0.1, 0.15) is 0 Å². The van der Waals surface area contributed by atoms with Crippen molar-refractivity contribution in [3.63, 3.8) is 0 Å². The fourth-order valence-corrected chi connectivity index (χ4v) is 1.68. The minimum Gasteiger partial charge on any atom is -0.269 e. The number of allylic oxidation sites excluding steroid dienone is 1. The Labute approximate surface area is 59.0 Å². The molecule has 0 fully saturated rings.